The summed E-state index contributed by atoms with van der Waals surface area (Å²) in [5.74, 6) is -3.24. The van der Waals surface area contributed by atoms with Crippen molar-refractivity contribution in [3.8, 4) is 0 Å². The number of carbonyl (C=O) groups is 1. The molecule has 0 aromatic heterocycles. The third-order valence-electron chi connectivity index (χ3n) is 3.18. The zero-order valence-electron chi connectivity index (χ0n) is 9.13. The zero-order valence-corrected chi connectivity index (χ0v) is 9.13. The highest BCUT2D eigenvalue weighted by molar-refractivity contribution is 5.76. The summed E-state index contributed by atoms with van der Waals surface area (Å²) in [5, 5.41) is 0. The average molecular weight is 234 g/mol. The lowest BCUT2D eigenvalue weighted by atomic mass is 9.95. The molecule has 16 heavy (non-hydrogen) atoms. The number of alkyl halides is 2. The SMILES string of the molecule is CC1CCC(F)(F)C2CC(NN2)C(=O)OC1. The minimum Gasteiger partial charge on any atom is -0.464 e. The Hall–Kier alpha value is -0.750. The second-order valence-electron chi connectivity index (χ2n) is 4.66. The van der Waals surface area contributed by atoms with Crippen LogP contribution in [0.4, 0.5) is 8.78 Å². The fraction of sp³-hybridized carbons (Fsp3) is 0.900. The standard InChI is InChI=1S/C10H16F2N2O2/c1-6-2-3-10(11,12)8-4-7(13-14-8)9(15)16-5-6/h6-8,13-14H,2-5H2,1H3. The van der Waals surface area contributed by atoms with Crippen LogP contribution in [0, 0.1) is 5.92 Å². The van der Waals surface area contributed by atoms with E-state index in [1.54, 1.807) is 0 Å². The number of rotatable bonds is 0. The summed E-state index contributed by atoms with van der Waals surface area (Å²) in [6.45, 7) is 2.03. The summed E-state index contributed by atoms with van der Waals surface area (Å²) < 4.78 is 32.4. The highest BCUT2D eigenvalue weighted by Gasteiger charge is 2.46. The van der Waals surface area contributed by atoms with Gasteiger partial charge in [-0.3, -0.25) is 4.79 Å². The van der Waals surface area contributed by atoms with Crippen LogP contribution in [-0.2, 0) is 9.53 Å². The fourth-order valence-corrected chi connectivity index (χ4v) is 2.01. The van der Waals surface area contributed by atoms with Gasteiger partial charge in [-0.25, -0.2) is 19.6 Å². The molecule has 2 N–H and O–H groups in total. The van der Waals surface area contributed by atoms with E-state index in [1.807, 2.05) is 6.92 Å². The van der Waals surface area contributed by atoms with Crippen molar-refractivity contribution in [2.75, 3.05) is 6.61 Å². The molecule has 2 fully saturated rings. The first kappa shape index (κ1) is 11.7. The second kappa shape index (κ2) is 4.25. The lowest BCUT2D eigenvalue weighted by Gasteiger charge is -2.25. The molecule has 0 spiro atoms. The Morgan fingerprint density at radius 2 is 2.19 bits per heavy atom. The minimum atomic E-state index is -2.77. The van der Waals surface area contributed by atoms with Crippen LogP contribution in [0.25, 0.3) is 0 Å². The molecule has 2 rings (SSSR count). The number of fused-ring (bicyclic) bond motifs is 2. The molecule has 0 radical (unpaired) electrons. The number of hydrogen-bond acceptors (Lipinski definition) is 4. The van der Waals surface area contributed by atoms with Crippen molar-refractivity contribution in [1.82, 2.24) is 10.9 Å². The quantitative estimate of drug-likeness (QED) is 0.610. The predicted octanol–water partition coefficient (Wildman–Crippen LogP) is 0.830. The molecule has 2 saturated heterocycles. The number of halogens is 2. The van der Waals surface area contributed by atoms with Gasteiger partial charge in [0.15, 0.2) is 0 Å². The molecule has 0 aromatic rings. The highest BCUT2D eigenvalue weighted by Crippen LogP contribution is 2.31. The van der Waals surface area contributed by atoms with Crippen molar-refractivity contribution >= 4 is 5.97 Å². The number of esters is 1. The lowest BCUT2D eigenvalue weighted by molar-refractivity contribution is -0.147. The summed E-state index contributed by atoms with van der Waals surface area (Å²) in [4.78, 5) is 11.5. The molecule has 2 heterocycles. The maximum absolute atomic E-state index is 13.7. The number of hydrazine groups is 1. The van der Waals surface area contributed by atoms with Crippen molar-refractivity contribution in [1.29, 1.82) is 0 Å². The zero-order chi connectivity index (χ0) is 11.8. The number of hydrogen-bond donors (Lipinski definition) is 2. The van der Waals surface area contributed by atoms with Crippen LogP contribution in [0.1, 0.15) is 26.2 Å². The average Bonchev–Trinajstić information content (AvgIpc) is 2.71. The lowest BCUT2D eigenvalue weighted by Crippen LogP contribution is -2.44. The molecule has 6 heteroatoms. The highest BCUT2D eigenvalue weighted by atomic mass is 19.3. The van der Waals surface area contributed by atoms with E-state index in [0.29, 0.717) is 6.42 Å². The van der Waals surface area contributed by atoms with Gasteiger partial charge in [0.1, 0.15) is 6.04 Å². The van der Waals surface area contributed by atoms with Gasteiger partial charge in [-0.1, -0.05) is 6.92 Å². The monoisotopic (exact) mass is 234 g/mol. The molecule has 2 aliphatic rings. The van der Waals surface area contributed by atoms with Crippen LogP contribution in [0.15, 0.2) is 0 Å². The molecule has 0 saturated carbocycles. The number of nitrogens with one attached hydrogen (secondary N) is 2. The topological polar surface area (TPSA) is 50.4 Å². The maximum Gasteiger partial charge on any atom is 0.324 e. The van der Waals surface area contributed by atoms with Crippen LogP contribution in [0.5, 0.6) is 0 Å². The third-order valence-corrected chi connectivity index (χ3v) is 3.18. The molecule has 4 nitrogen and oxygen atoms in total. The summed E-state index contributed by atoms with van der Waals surface area (Å²) in [7, 11) is 0. The van der Waals surface area contributed by atoms with Gasteiger partial charge in [0.25, 0.3) is 5.92 Å². The molecule has 3 unspecified atom stereocenters. The van der Waals surface area contributed by atoms with E-state index in [9.17, 15) is 13.6 Å². The van der Waals surface area contributed by atoms with Gasteiger partial charge in [-0.05, 0) is 18.8 Å². The van der Waals surface area contributed by atoms with Crippen LogP contribution in [-0.4, -0.2) is 30.6 Å². The first-order valence-corrected chi connectivity index (χ1v) is 5.54. The Morgan fingerprint density at radius 1 is 1.44 bits per heavy atom. The molecule has 92 valence electrons. The Labute approximate surface area is 92.7 Å². The molecule has 3 atom stereocenters. The predicted molar refractivity (Wildman–Crippen MR) is 52.8 cm³/mol. The van der Waals surface area contributed by atoms with E-state index >= 15 is 0 Å². The summed E-state index contributed by atoms with van der Waals surface area (Å²) in [6.07, 6.45) is 0.279. The third kappa shape index (κ3) is 2.32. The summed E-state index contributed by atoms with van der Waals surface area (Å²) in [6, 6.07) is -1.63. The van der Waals surface area contributed by atoms with Gasteiger partial charge in [-0.15, -0.1) is 0 Å². The number of carbonyl (C=O) groups excluding carboxylic acids is 1. The second-order valence-corrected chi connectivity index (χ2v) is 4.66. The van der Waals surface area contributed by atoms with Gasteiger partial charge in [0, 0.05) is 6.42 Å². The van der Waals surface area contributed by atoms with E-state index in [2.05, 4.69) is 10.9 Å². The van der Waals surface area contributed by atoms with Crippen molar-refractivity contribution in [3.05, 3.63) is 0 Å². The van der Waals surface area contributed by atoms with E-state index in [4.69, 9.17) is 4.74 Å². The van der Waals surface area contributed by atoms with Crippen molar-refractivity contribution in [3.63, 3.8) is 0 Å². The van der Waals surface area contributed by atoms with Crippen LogP contribution < -0.4 is 10.9 Å². The van der Waals surface area contributed by atoms with Gasteiger partial charge in [0.05, 0.1) is 12.6 Å². The Morgan fingerprint density at radius 3 is 2.94 bits per heavy atom. The van der Waals surface area contributed by atoms with Crippen molar-refractivity contribution in [2.24, 2.45) is 5.92 Å². The first-order chi connectivity index (χ1) is 7.49. The smallest absolute Gasteiger partial charge is 0.324 e. The molecule has 0 aromatic carbocycles. The van der Waals surface area contributed by atoms with Crippen molar-refractivity contribution in [2.45, 2.75) is 44.2 Å². The first-order valence-electron chi connectivity index (χ1n) is 5.54. The Kier molecular flexibility index (Phi) is 3.12. The Bertz CT molecular complexity index is 286. The largest absolute Gasteiger partial charge is 0.464 e. The molecule has 0 aliphatic carbocycles. The van der Waals surface area contributed by atoms with E-state index in [1.165, 1.54) is 0 Å². The summed E-state index contributed by atoms with van der Waals surface area (Å²) >= 11 is 0. The Balaban J connectivity index is 2.11. The maximum atomic E-state index is 13.7. The van der Waals surface area contributed by atoms with Gasteiger partial charge in [0.2, 0.25) is 0 Å². The van der Waals surface area contributed by atoms with Gasteiger partial charge in [-0.2, -0.15) is 0 Å². The van der Waals surface area contributed by atoms with Crippen molar-refractivity contribution < 1.29 is 18.3 Å². The van der Waals surface area contributed by atoms with Gasteiger partial charge < -0.3 is 4.74 Å². The molecule has 2 aliphatic heterocycles. The molecular formula is C10H16F2N2O2. The van der Waals surface area contributed by atoms with Crippen LogP contribution in [0.3, 0.4) is 0 Å². The van der Waals surface area contributed by atoms with E-state index in [0.717, 1.165) is 0 Å². The fourth-order valence-electron chi connectivity index (χ4n) is 2.01. The molecule has 2 bridgehead atoms. The molecular weight excluding hydrogens is 218 g/mol. The minimum absolute atomic E-state index is 0.0210. The normalized spacial score (nSPS) is 39.2. The number of ether oxygens (including phenoxy) is 1. The van der Waals surface area contributed by atoms with Crippen LogP contribution >= 0.6 is 0 Å². The van der Waals surface area contributed by atoms with E-state index in [-0.39, 0.29) is 25.4 Å². The molecule has 0 amide bonds. The van der Waals surface area contributed by atoms with Gasteiger partial charge >= 0.3 is 5.97 Å². The van der Waals surface area contributed by atoms with E-state index < -0.39 is 24.0 Å². The summed E-state index contributed by atoms with van der Waals surface area (Å²) in [5.41, 5.74) is 5.06. The van der Waals surface area contributed by atoms with Crippen LogP contribution in [0.2, 0.25) is 0 Å². The number of cyclic esters (lactones) is 1.